The summed E-state index contributed by atoms with van der Waals surface area (Å²) < 4.78 is 34.6. The summed E-state index contributed by atoms with van der Waals surface area (Å²) in [6, 6.07) is 6.59. The number of unbranched alkanes of at least 4 members (excludes halogenated alkanes) is 3. The summed E-state index contributed by atoms with van der Waals surface area (Å²) in [4.78, 5) is 0. The van der Waals surface area contributed by atoms with Gasteiger partial charge >= 0.3 is 10.3 Å². The molecule has 0 saturated heterocycles. The summed E-state index contributed by atoms with van der Waals surface area (Å²) in [5.74, 6) is 0.994. The second-order valence-corrected chi connectivity index (χ2v) is 6.46. The first kappa shape index (κ1) is 16.8. The van der Waals surface area contributed by atoms with E-state index in [4.69, 9.17) is 8.92 Å². The zero-order valence-corrected chi connectivity index (χ0v) is 13.1. The first-order valence-corrected chi connectivity index (χ1v) is 8.17. The van der Waals surface area contributed by atoms with Crippen LogP contribution < -0.4 is 8.92 Å². The van der Waals surface area contributed by atoms with E-state index < -0.39 is 10.3 Å². The van der Waals surface area contributed by atoms with Crippen molar-refractivity contribution in [1.29, 1.82) is 0 Å². The third kappa shape index (κ3) is 5.79. The molecule has 0 radical (unpaired) electrons. The van der Waals surface area contributed by atoms with Crippen LogP contribution in [0.4, 0.5) is 0 Å². The number of hydrogen-bond donors (Lipinski definition) is 0. The lowest BCUT2D eigenvalue weighted by molar-refractivity contribution is 0.304. The molecule has 114 valence electrons. The van der Waals surface area contributed by atoms with Crippen LogP contribution >= 0.6 is 0 Å². The van der Waals surface area contributed by atoms with Gasteiger partial charge in [-0.15, -0.1) is 0 Å². The molecule has 0 aliphatic heterocycles. The van der Waals surface area contributed by atoms with E-state index >= 15 is 0 Å². The molecule has 0 saturated carbocycles. The van der Waals surface area contributed by atoms with E-state index in [2.05, 4.69) is 6.92 Å². The monoisotopic (exact) mass is 301 g/mol. The van der Waals surface area contributed by atoms with Crippen molar-refractivity contribution in [3.05, 3.63) is 24.3 Å². The third-order valence-corrected chi connectivity index (χ3v) is 4.04. The lowest BCUT2D eigenvalue weighted by Gasteiger charge is -2.12. The zero-order chi connectivity index (χ0) is 15.0. The van der Waals surface area contributed by atoms with Crippen molar-refractivity contribution in [1.82, 2.24) is 4.31 Å². The van der Waals surface area contributed by atoms with Gasteiger partial charge in [0.25, 0.3) is 0 Å². The van der Waals surface area contributed by atoms with Crippen molar-refractivity contribution in [2.24, 2.45) is 0 Å². The average Bonchev–Trinajstić information content (AvgIpc) is 2.40. The highest BCUT2D eigenvalue weighted by atomic mass is 32.2. The van der Waals surface area contributed by atoms with Gasteiger partial charge in [0.05, 0.1) is 6.61 Å². The minimum Gasteiger partial charge on any atom is -0.494 e. The van der Waals surface area contributed by atoms with Gasteiger partial charge in [0.15, 0.2) is 0 Å². The minimum atomic E-state index is -3.70. The Balaban J connectivity index is 2.44. The van der Waals surface area contributed by atoms with Gasteiger partial charge in [0.1, 0.15) is 11.5 Å². The highest BCUT2D eigenvalue weighted by Gasteiger charge is 2.15. The summed E-state index contributed by atoms with van der Waals surface area (Å²) in [6.45, 7) is 2.84. The Labute approximate surface area is 121 Å². The first-order chi connectivity index (χ1) is 9.45. The molecule has 0 amide bonds. The smallest absolute Gasteiger partial charge is 0.384 e. The summed E-state index contributed by atoms with van der Waals surface area (Å²) in [6.07, 6.45) is 4.62. The topological polar surface area (TPSA) is 55.8 Å². The highest BCUT2D eigenvalue weighted by Crippen LogP contribution is 2.19. The molecule has 0 aliphatic rings. The Morgan fingerprint density at radius 2 is 1.60 bits per heavy atom. The molecule has 0 aromatic heterocycles. The molecule has 0 spiro atoms. The molecule has 20 heavy (non-hydrogen) atoms. The second-order valence-electron chi connectivity index (χ2n) is 4.70. The molecule has 0 N–H and O–H groups in total. The van der Waals surface area contributed by atoms with Gasteiger partial charge in [0, 0.05) is 14.1 Å². The van der Waals surface area contributed by atoms with Crippen LogP contribution in [0.3, 0.4) is 0 Å². The van der Waals surface area contributed by atoms with Crippen molar-refractivity contribution in [3.8, 4) is 11.5 Å². The molecule has 0 fully saturated rings. The fraction of sp³-hybridized carbons (Fsp3) is 0.571. The van der Waals surface area contributed by atoms with E-state index in [1.165, 1.54) is 33.4 Å². The molecule has 0 aliphatic carbocycles. The molecule has 0 bridgehead atoms. The molecule has 0 unspecified atom stereocenters. The van der Waals surface area contributed by atoms with Crippen LogP contribution in [0, 0.1) is 0 Å². The molecular weight excluding hydrogens is 278 g/mol. The number of nitrogens with zero attached hydrogens (tertiary/aromatic N) is 1. The predicted octanol–water partition coefficient (Wildman–Crippen LogP) is 2.83. The Morgan fingerprint density at radius 3 is 2.15 bits per heavy atom. The third-order valence-electron chi connectivity index (χ3n) is 2.74. The summed E-state index contributed by atoms with van der Waals surface area (Å²) in [7, 11) is -0.859. The van der Waals surface area contributed by atoms with E-state index in [-0.39, 0.29) is 5.75 Å². The number of benzene rings is 1. The predicted molar refractivity (Wildman–Crippen MR) is 79.3 cm³/mol. The van der Waals surface area contributed by atoms with Crippen LogP contribution in [0.2, 0.25) is 0 Å². The van der Waals surface area contributed by atoms with E-state index in [0.29, 0.717) is 6.61 Å². The maximum Gasteiger partial charge on any atom is 0.384 e. The van der Waals surface area contributed by atoms with Crippen LogP contribution in [0.25, 0.3) is 0 Å². The van der Waals surface area contributed by atoms with Gasteiger partial charge in [-0.2, -0.15) is 12.7 Å². The zero-order valence-electron chi connectivity index (χ0n) is 12.3. The standard InChI is InChI=1S/C14H23NO4S/c1-4-5-6-7-12-18-13-8-10-14(11-9-13)19-20(16,17)15(2)3/h8-11H,4-7,12H2,1-3H3. The van der Waals surface area contributed by atoms with Crippen LogP contribution in [0.5, 0.6) is 11.5 Å². The van der Waals surface area contributed by atoms with Crippen LogP contribution in [0.1, 0.15) is 32.6 Å². The molecule has 0 atom stereocenters. The largest absolute Gasteiger partial charge is 0.494 e. The first-order valence-electron chi connectivity index (χ1n) is 6.80. The van der Waals surface area contributed by atoms with Gasteiger partial charge < -0.3 is 8.92 Å². The minimum absolute atomic E-state index is 0.275. The lowest BCUT2D eigenvalue weighted by Crippen LogP contribution is -2.26. The molecule has 6 heteroatoms. The van der Waals surface area contributed by atoms with Crippen LogP contribution in [0.15, 0.2) is 24.3 Å². The summed E-state index contributed by atoms with van der Waals surface area (Å²) in [5, 5.41) is 0. The van der Waals surface area contributed by atoms with E-state index in [1.54, 1.807) is 24.3 Å². The number of rotatable bonds is 9. The van der Waals surface area contributed by atoms with Crippen molar-refractivity contribution in [3.63, 3.8) is 0 Å². The summed E-state index contributed by atoms with van der Waals surface area (Å²) in [5.41, 5.74) is 0. The Hall–Kier alpha value is -1.27. The van der Waals surface area contributed by atoms with E-state index in [0.717, 1.165) is 16.5 Å². The van der Waals surface area contributed by atoms with Crippen molar-refractivity contribution in [2.75, 3.05) is 20.7 Å². The molecule has 5 nitrogen and oxygen atoms in total. The van der Waals surface area contributed by atoms with Gasteiger partial charge in [-0.1, -0.05) is 26.2 Å². The van der Waals surface area contributed by atoms with Crippen LogP contribution in [-0.4, -0.2) is 33.4 Å². The molecule has 1 rings (SSSR count). The van der Waals surface area contributed by atoms with Gasteiger partial charge in [-0.25, -0.2) is 0 Å². The van der Waals surface area contributed by atoms with Crippen molar-refractivity contribution < 1.29 is 17.3 Å². The molecule has 1 aromatic rings. The van der Waals surface area contributed by atoms with Gasteiger partial charge in [-0.05, 0) is 30.7 Å². The van der Waals surface area contributed by atoms with Crippen LogP contribution in [-0.2, 0) is 10.3 Å². The van der Waals surface area contributed by atoms with Gasteiger partial charge in [0.2, 0.25) is 0 Å². The average molecular weight is 301 g/mol. The lowest BCUT2D eigenvalue weighted by atomic mass is 10.2. The maximum atomic E-state index is 11.5. The normalized spacial score (nSPS) is 11.6. The molecule has 0 heterocycles. The molecular formula is C14H23NO4S. The van der Waals surface area contributed by atoms with E-state index in [1.807, 2.05) is 0 Å². The molecule has 1 aromatic carbocycles. The second kappa shape index (κ2) is 8.11. The Morgan fingerprint density at radius 1 is 1.00 bits per heavy atom. The van der Waals surface area contributed by atoms with E-state index in [9.17, 15) is 8.42 Å². The quantitative estimate of drug-likeness (QED) is 0.658. The SMILES string of the molecule is CCCCCCOc1ccc(OS(=O)(=O)N(C)C)cc1. The highest BCUT2D eigenvalue weighted by molar-refractivity contribution is 7.84. The van der Waals surface area contributed by atoms with Crippen molar-refractivity contribution >= 4 is 10.3 Å². The summed E-state index contributed by atoms with van der Waals surface area (Å²) >= 11 is 0. The fourth-order valence-corrected chi connectivity index (χ4v) is 2.01. The Kier molecular flexibility index (Phi) is 6.81. The number of hydrogen-bond acceptors (Lipinski definition) is 4. The fourth-order valence-electron chi connectivity index (χ4n) is 1.51. The van der Waals surface area contributed by atoms with Crippen molar-refractivity contribution in [2.45, 2.75) is 32.6 Å². The maximum absolute atomic E-state index is 11.5. The van der Waals surface area contributed by atoms with Gasteiger partial charge in [-0.3, -0.25) is 0 Å². The Bertz CT molecular complexity index is 482. The number of ether oxygens (including phenoxy) is 1.